The van der Waals surface area contributed by atoms with Crippen LogP contribution in [0.25, 0.3) is 0 Å². The Kier molecular flexibility index (Phi) is 6.74. The number of carbonyl (C=O) groups is 2. The van der Waals surface area contributed by atoms with E-state index in [1.807, 2.05) is 60.7 Å². The monoisotopic (exact) mass is 503 g/mol. The second kappa shape index (κ2) is 10.3. The minimum absolute atomic E-state index is 0.0581. The van der Waals surface area contributed by atoms with Crippen LogP contribution in [0.1, 0.15) is 11.1 Å². The van der Waals surface area contributed by atoms with Crippen molar-refractivity contribution in [1.82, 2.24) is 4.90 Å². The van der Waals surface area contributed by atoms with E-state index in [1.54, 1.807) is 0 Å². The molecular formula is C27H25N3O7. The summed E-state index contributed by atoms with van der Waals surface area (Å²) in [5.41, 5.74) is 1.20. The molecule has 2 heterocycles. The molecule has 3 aromatic rings. The molecule has 1 spiro atoms. The van der Waals surface area contributed by atoms with E-state index in [-0.39, 0.29) is 56.9 Å². The molecule has 0 aliphatic carbocycles. The molecule has 0 radical (unpaired) electrons. The zero-order valence-corrected chi connectivity index (χ0v) is 19.9. The molecular weight excluding hydrogens is 478 g/mol. The standard InChI is InChI=1S/C27H25N3O7/c31-25-14-29(26(32)37-16-21-9-5-2-6-10-21)27(18-35-19-27)17-28(25)22-11-12-23(30(33)34)24(13-22)36-15-20-7-3-1-4-8-20/h1-13H,14-19H2. The van der Waals surface area contributed by atoms with Gasteiger partial charge in [0.1, 0.15) is 25.3 Å². The molecule has 0 atom stereocenters. The third-order valence-electron chi connectivity index (χ3n) is 6.48. The van der Waals surface area contributed by atoms with E-state index in [9.17, 15) is 19.7 Å². The quantitative estimate of drug-likeness (QED) is 0.355. The predicted molar refractivity (Wildman–Crippen MR) is 133 cm³/mol. The van der Waals surface area contributed by atoms with Crippen molar-refractivity contribution in [3.63, 3.8) is 0 Å². The van der Waals surface area contributed by atoms with Crippen molar-refractivity contribution in [3.05, 3.63) is 100 Å². The number of hydrogen-bond donors (Lipinski definition) is 0. The number of benzene rings is 3. The molecule has 0 saturated carbocycles. The summed E-state index contributed by atoms with van der Waals surface area (Å²) in [6, 6.07) is 22.9. The molecule has 10 heteroatoms. The fraction of sp³-hybridized carbons (Fsp3) is 0.259. The first-order chi connectivity index (χ1) is 17.9. The highest BCUT2D eigenvalue weighted by molar-refractivity contribution is 5.98. The smallest absolute Gasteiger partial charge is 0.411 e. The van der Waals surface area contributed by atoms with Crippen molar-refractivity contribution in [1.29, 1.82) is 0 Å². The second-order valence-electron chi connectivity index (χ2n) is 9.01. The lowest BCUT2D eigenvalue weighted by atomic mass is 9.91. The highest BCUT2D eigenvalue weighted by atomic mass is 16.6. The summed E-state index contributed by atoms with van der Waals surface area (Å²) in [5.74, 6) is -0.278. The largest absolute Gasteiger partial charge is 0.482 e. The van der Waals surface area contributed by atoms with E-state index in [0.29, 0.717) is 5.69 Å². The summed E-state index contributed by atoms with van der Waals surface area (Å²) in [6.07, 6.45) is -0.587. The Hall–Kier alpha value is -4.44. The van der Waals surface area contributed by atoms with Gasteiger partial charge in [-0.15, -0.1) is 0 Å². The number of nitrogens with zero attached hydrogens (tertiary/aromatic N) is 3. The van der Waals surface area contributed by atoms with Crippen LogP contribution in [0.4, 0.5) is 16.2 Å². The van der Waals surface area contributed by atoms with Gasteiger partial charge in [0.15, 0.2) is 5.75 Å². The lowest BCUT2D eigenvalue weighted by Gasteiger charge is -2.53. The summed E-state index contributed by atoms with van der Waals surface area (Å²) < 4.78 is 16.7. The molecule has 2 aliphatic rings. The van der Waals surface area contributed by atoms with Crippen LogP contribution < -0.4 is 9.64 Å². The molecule has 2 saturated heterocycles. The van der Waals surface area contributed by atoms with Gasteiger partial charge >= 0.3 is 11.8 Å². The molecule has 0 N–H and O–H groups in total. The fourth-order valence-electron chi connectivity index (χ4n) is 4.40. The molecule has 5 rings (SSSR count). The minimum Gasteiger partial charge on any atom is -0.482 e. The number of anilines is 1. The molecule has 0 aromatic heterocycles. The first kappa shape index (κ1) is 24.3. The Morgan fingerprint density at radius 1 is 0.973 bits per heavy atom. The maximum Gasteiger partial charge on any atom is 0.411 e. The highest BCUT2D eigenvalue weighted by Crippen LogP contribution is 2.37. The maximum atomic E-state index is 13.2. The van der Waals surface area contributed by atoms with Crippen molar-refractivity contribution in [3.8, 4) is 5.75 Å². The van der Waals surface area contributed by atoms with Crippen LogP contribution >= 0.6 is 0 Å². The number of carbonyl (C=O) groups excluding carboxylic acids is 2. The maximum absolute atomic E-state index is 13.2. The van der Waals surface area contributed by atoms with E-state index in [2.05, 4.69) is 0 Å². The summed E-state index contributed by atoms with van der Waals surface area (Å²) >= 11 is 0. The van der Waals surface area contributed by atoms with Gasteiger partial charge in [-0.05, 0) is 17.2 Å². The predicted octanol–water partition coefficient (Wildman–Crippen LogP) is 3.93. The first-order valence-electron chi connectivity index (χ1n) is 11.8. The lowest BCUT2D eigenvalue weighted by molar-refractivity contribution is -0.385. The van der Waals surface area contributed by atoms with E-state index in [0.717, 1.165) is 11.1 Å². The molecule has 0 unspecified atom stereocenters. The number of amides is 2. The fourth-order valence-corrected chi connectivity index (χ4v) is 4.40. The summed E-state index contributed by atoms with van der Waals surface area (Å²) in [4.78, 5) is 40.1. The number of ether oxygens (including phenoxy) is 3. The van der Waals surface area contributed by atoms with Crippen LogP contribution in [0.3, 0.4) is 0 Å². The first-order valence-corrected chi connectivity index (χ1v) is 11.8. The zero-order chi connectivity index (χ0) is 25.8. The van der Waals surface area contributed by atoms with E-state index >= 15 is 0 Å². The van der Waals surface area contributed by atoms with Crippen LogP contribution in [0.15, 0.2) is 78.9 Å². The third kappa shape index (κ3) is 5.10. The van der Waals surface area contributed by atoms with Gasteiger partial charge in [-0.2, -0.15) is 0 Å². The SMILES string of the molecule is O=C1CN(C(=O)OCc2ccccc2)C2(COC2)CN1c1ccc([N+](=O)[O-])c(OCc2ccccc2)c1. The van der Waals surface area contributed by atoms with Gasteiger partial charge in [0, 0.05) is 17.8 Å². The topological polar surface area (TPSA) is 111 Å². The lowest BCUT2D eigenvalue weighted by Crippen LogP contribution is -2.74. The van der Waals surface area contributed by atoms with E-state index < -0.39 is 16.6 Å². The van der Waals surface area contributed by atoms with E-state index in [1.165, 1.54) is 28.0 Å². The number of nitro groups is 1. The molecule has 37 heavy (non-hydrogen) atoms. The number of nitro benzene ring substituents is 1. The Labute approximate surface area is 213 Å². The Bertz CT molecular complexity index is 1300. The van der Waals surface area contributed by atoms with E-state index in [4.69, 9.17) is 14.2 Å². The summed E-state index contributed by atoms with van der Waals surface area (Å²) in [7, 11) is 0. The van der Waals surface area contributed by atoms with Crippen molar-refractivity contribution >= 4 is 23.4 Å². The normalized spacial score (nSPS) is 16.3. The summed E-state index contributed by atoms with van der Waals surface area (Å²) in [6.45, 7) is 0.701. The van der Waals surface area contributed by atoms with Gasteiger partial charge in [-0.25, -0.2) is 4.79 Å². The van der Waals surface area contributed by atoms with Gasteiger partial charge in [0.2, 0.25) is 5.91 Å². The Balaban J connectivity index is 1.34. The van der Waals surface area contributed by atoms with Crippen LogP contribution in [0, 0.1) is 10.1 Å². The minimum atomic E-state index is -0.742. The van der Waals surface area contributed by atoms with Crippen molar-refractivity contribution in [2.24, 2.45) is 0 Å². The Morgan fingerprint density at radius 2 is 1.62 bits per heavy atom. The van der Waals surface area contributed by atoms with Crippen LogP contribution in [-0.4, -0.2) is 53.7 Å². The van der Waals surface area contributed by atoms with Gasteiger partial charge in [0.25, 0.3) is 0 Å². The van der Waals surface area contributed by atoms with Gasteiger partial charge in [-0.1, -0.05) is 60.7 Å². The number of rotatable bonds is 7. The molecule has 0 bridgehead atoms. The average molecular weight is 504 g/mol. The third-order valence-corrected chi connectivity index (χ3v) is 6.48. The van der Waals surface area contributed by atoms with Gasteiger partial charge in [-0.3, -0.25) is 19.8 Å². The van der Waals surface area contributed by atoms with Gasteiger partial charge < -0.3 is 19.1 Å². The van der Waals surface area contributed by atoms with Crippen molar-refractivity contribution in [2.75, 3.05) is 31.2 Å². The van der Waals surface area contributed by atoms with Crippen LogP contribution in [0.5, 0.6) is 5.75 Å². The molecule has 190 valence electrons. The Morgan fingerprint density at radius 3 is 2.22 bits per heavy atom. The molecule has 10 nitrogen and oxygen atoms in total. The number of hydrogen-bond acceptors (Lipinski definition) is 7. The number of piperazine rings is 1. The van der Waals surface area contributed by atoms with Crippen molar-refractivity contribution in [2.45, 2.75) is 18.8 Å². The molecule has 2 aliphatic heterocycles. The highest BCUT2D eigenvalue weighted by Gasteiger charge is 2.53. The second-order valence-corrected chi connectivity index (χ2v) is 9.01. The summed E-state index contributed by atoms with van der Waals surface area (Å²) in [5, 5.41) is 11.6. The average Bonchev–Trinajstić information content (AvgIpc) is 2.90. The van der Waals surface area contributed by atoms with Crippen LogP contribution in [0.2, 0.25) is 0 Å². The molecule has 2 fully saturated rings. The molecule has 2 amide bonds. The van der Waals surface area contributed by atoms with Gasteiger partial charge in [0.05, 0.1) is 24.7 Å². The van der Waals surface area contributed by atoms with Crippen molar-refractivity contribution < 1.29 is 28.7 Å². The van der Waals surface area contributed by atoms with Crippen LogP contribution in [-0.2, 0) is 27.5 Å². The zero-order valence-electron chi connectivity index (χ0n) is 19.9. The molecule has 3 aromatic carbocycles.